The fourth-order valence-corrected chi connectivity index (χ4v) is 2.41. The number of aliphatic hydroxyl groups excluding tert-OH is 1. The predicted molar refractivity (Wildman–Crippen MR) is 79.4 cm³/mol. The van der Waals surface area contributed by atoms with Crippen molar-refractivity contribution in [1.82, 2.24) is 15.0 Å². The Morgan fingerprint density at radius 3 is 2.64 bits per heavy atom. The number of aliphatic hydroxyl groups is 1. The third kappa shape index (κ3) is 2.43. The summed E-state index contributed by atoms with van der Waals surface area (Å²) in [5, 5.41) is 18.8. The van der Waals surface area contributed by atoms with Gasteiger partial charge in [0.2, 0.25) is 6.23 Å². The molecule has 6 nitrogen and oxygen atoms in total. The first-order valence-electron chi connectivity index (χ1n) is 7.14. The van der Waals surface area contributed by atoms with E-state index < -0.39 is 12.3 Å². The third-order valence-corrected chi connectivity index (χ3v) is 3.65. The van der Waals surface area contributed by atoms with E-state index in [1.807, 2.05) is 54.6 Å². The monoisotopic (exact) mass is 297 g/mol. The minimum absolute atomic E-state index is 0.225. The standard InChI is InChI=1S/C16H15N3O3/c20-15(14-10-21-14)16(22-11-6-2-1-3-7-11)19-13-9-5-4-8-12(13)17-18-19/h1-9,14-16,20H,10H2. The van der Waals surface area contributed by atoms with Crippen LogP contribution in [0.15, 0.2) is 54.6 Å². The van der Waals surface area contributed by atoms with E-state index in [9.17, 15) is 5.11 Å². The Morgan fingerprint density at radius 1 is 1.14 bits per heavy atom. The summed E-state index contributed by atoms with van der Waals surface area (Å²) in [6, 6.07) is 16.9. The average Bonchev–Trinajstić information content (AvgIpc) is 3.33. The van der Waals surface area contributed by atoms with Crippen molar-refractivity contribution >= 4 is 11.0 Å². The molecule has 0 amide bonds. The maximum Gasteiger partial charge on any atom is 0.222 e. The zero-order chi connectivity index (χ0) is 14.9. The van der Waals surface area contributed by atoms with Crippen molar-refractivity contribution in [2.24, 2.45) is 0 Å². The molecule has 1 aliphatic heterocycles. The molecule has 3 atom stereocenters. The second kappa shape index (κ2) is 5.40. The fraction of sp³-hybridized carbons (Fsp3) is 0.250. The second-order valence-corrected chi connectivity index (χ2v) is 5.21. The van der Waals surface area contributed by atoms with Gasteiger partial charge in [-0.05, 0) is 24.3 Å². The first-order chi connectivity index (χ1) is 10.8. The highest BCUT2D eigenvalue weighted by Gasteiger charge is 2.40. The number of ether oxygens (including phenoxy) is 2. The van der Waals surface area contributed by atoms with Crippen LogP contribution in [0.4, 0.5) is 0 Å². The summed E-state index contributed by atoms with van der Waals surface area (Å²) in [5.41, 5.74) is 1.57. The van der Waals surface area contributed by atoms with Gasteiger partial charge < -0.3 is 14.6 Å². The number of fused-ring (bicyclic) bond motifs is 1. The molecule has 22 heavy (non-hydrogen) atoms. The van der Waals surface area contributed by atoms with E-state index in [2.05, 4.69) is 10.3 Å². The number of aromatic nitrogens is 3. The summed E-state index contributed by atoms with van der Waals surface area (Å²) >= 11 is 0. The maximum absolute atomic E-state index is 10.5. The van der Waals surface area contributed by atoms with Gasteiger partial charge in [0.25, 0.3) is 0 Å². The molecule has 4 rings (SSSR count). The van der Waals surface area contributed by atoms with Gasteiger partial charge in [-0.3, -0.25) is 0 Å². The summed E-state index contributed by atoms with van der Waals surface area (Å²) in [5.74, 6) is 0.659. The molecule has 3 unspecified atom stereocenters. The van der Waals surface area contributed by atoms with E-state index in [1.54, 1.807) is 4.68 Å². The normalized spacial score (nSPS) is 19.8. The smallest absolute Gasteiger partial charge is 0.222 e. The predicted octanol–water partition coefficient (Wildman–Crippen LogP) is 1.77. The quantitative estimate of drug-likeness (QED) is 0.727. The Balaban J connectivity index is 1.73. The Bertz CT molecular complexity index is 770. The molecule has 1 aromatic heterocycles. The molecule has 112 valence electrons. The molecule has 1 fully saturated rings. The first-order valence-corrected chi connectivity index (χ1v) is 7.14. The molecule has 1 saturated heterocycles. The van der Waals surface area contributed by atoms with Crippen molar-refractivity contribution in [2.75, 3.05) is 6.61 Å². The molecule has 0 bridgehead atoms. The van der Waals surface area contributed by atoms with Crippen molar-refractivity contribution in [1.29, 1.82) is 0 Å². The van der Waals surface area contributed by atoms with E-state index in [4.69, 9.17) is 9.47 Å². The number of hydrogen-bond donors (Lipinski definition) is 1. The minimum Gasteiger partial charge on any atom is -0.466 e. The first kappa shape index (κ1) is 13.2. The zero-order valence-corrected chi connectivity index (χ0v) is 11.7. The molecule has 0 radical (unpaired) electrons. The zero-order valence-electron chi connectivity index (χ0n) is 11.7. The average molecular weight is 297 g/mol. The summed E-state index contributed by atoms with van der Waals surface area (Å²) in [6.45, 7) is 0.530. The van der Waals surface area contributed by atoms with Gasteiger partial charge in [0.1, 0.15) is 23.5 Å². The second-order valence-electron chi connectivity index (χ2n) is 5.21. The number of epoxide rings is 1. The van der Waals surface area contributed by atoms with Gasteiger partial charge in [0.05, 0.1) is 12.1 Å². The van der Waals surface area contributed by atoms with Gasteiger partial charge in [-0.2, -0.15) is 0 Å². The van der Waals surface area contributed by atoms with E-state index in [0.717, 1.165) is 11.0 Å². The van der Waals surface area contributed by atoms with Crippen molar-refractivity contribution in [3.63, 3.8) is 0 Å². The van der Waals surface area contributed by atoms with Gasteiger partial charge in [-0.15, -0.1) is 5.10 Å². The van der Waals surface area contributed by atoms with Gasteiger partial charge >= 0.3 is 0 Å². The van der Waals surface area contributed by atoms with Gasteiger partial charge in [-0.25, -0.2) is 4.68 Å². The largest absolute Gasteiger partial charge is 0.466 e. The summed E-state index contributed by atoms with van der Waals surface area (Å²) < 4.78 is 12.8. The van der Waals surface area contributed by atoms with Gasteiger partial charge in [0, 0.05) is 0 Å². The van der Waals surface area contributed by atoms with Crippen LogP contribution in [0.3, 0.4) is 0 Å². The number of para-hydroxylation sites is 2. The Hall–Kier alpha value is -2.44. The number of nitrogens with zero attached hydrogens (tertiary/aromatic N) is 3. The summed E-state index contributed by atoms with van der Waals surface area (Å²) in [6.07, 6.45) is -1.73. The van der Waals surface area contributed by atoms with Crippen LogP contribution in [0.1, 0.15) is 6.23 Å². The molecule has 3 aromatic rings. The number of benzene rings is 2. The van der Waals surface area contributed by atoms with Gasteiger partial charge in [-0.1, -0.05) is 35.5 Å². The molecule has 2 heterocycles. The lowest BCUT2D eigenvalue weighted by atomic mass is 10.2. The number of hydrogen-bond acceptors (Lipinski definition) is 5. The highest BCUT2D eigenvalue weighted by atomic mass is 16.6. The van der Waals surface area contributed by atoms with E-state index in [1.165, 1.54) is 0 Å². The van der Waals surface area contributed by atoms with Crippen LogP contribution >= 0.6 is 0 Å². The summed E-state index contributed by atoms with van der Waals surface area (Å²) in [7, 11) is 0. The molecule has 1 aliphatic rings. The van der Waals surface area contributed by atoms with Crippen molar-refractivity contribution in [2.45, 2.75) is 18.4 Å². The molecule has 1 N–H and O–H groups in total. The Labute approximate surface area is 126 Å². The molecule has 0 aliphatic carbocycles. The molecular formula is C16H15N3O3. The van der Waals surface area contributed by atoms with Crippen LogP contribution < -0.4 is 4.74 Å². The van der Waals surface area contributed by atoms with Crippen LogP contribution in [0, 0.1) is 0 Å². The van der Waals surface area contributed by atoms with Crippen molar-refractivity contribution in [3.05, 3.63) is 54.6 Å². The highest BCUT2D eigenvalue weighted by molar-refractivity contribution is 5.73. The van der Waals surface area contributed by atoms with Crippen LogP contribution in [0.5, 0.6) is 5.75 Å². The number of rotatable bonds is 5. The molecule has 6 heteroatoms. The van der Waals surface area contributed by atoms with Crippen molar-refractivity contribution in [3.8, 4) is 5.75 Å². The van der Waals surface area contributed by atoms with Crippen LogP contribution in [0.2, 0.25) is 0 Å². The summed E-state index contributed by atoms with van der Waals surface area (Å²) in [4.78, 5) is 0. The SMILES string of the molecule is OC(C1CO1)C(Oc1ccccc1)n1nnc2ccccc21. The van der Waals surface area contributed by atoms with Crippen LogP contribution in [-0.4, -0.2) is 38.9 Å². The van der Waals surface area contributed by atoms with E-state index in [-0.39, 0.29) is 6.10 Å². The van der Waals surface area contributed by atoms with Crippen LogP contribution in [-0.2, 0) is 4.74 Å². The lowest BCUT2D eigenvalue weighted by molar-refractivity contribution is -0.0294. The Kier molecular flexibility index (Phi) is 3.25. The molecular weight excluding hydrogens is 282 g/mol. The Morgan fingerprint density at radius 2 is 1.86 bits per heavy atom. The fourth-order valence-electron chi connectivity index (χ4n) is 2.41. The third-order valence-electron chi connectivity index (χ3n) is 3.65. The molecule has 2 aromatic carbocycles. The minimum atomic E-state index is -0.815. The molecule has 0 saturated carbocycles. The van der Waals surface area contributed by atoms with Gasteiger partial charge in [0.15, 0.2) is 0 Å². The van der Waals surface area contributed by atoms with Crippen LogP contribution in [0.25, 0.3) is 11.0 Å². The topological polar surface area (TPSA) is 72.7 Å². The van der Waals surface area contributed by atoms with E-state index in [0.29, 0.717) is 12.4 Å². The molecule has 0 spiro atoms. The highest BCUT2D eigenvalue weighted by Crippen LogP contribution is 2.28. The maximum atomic E-state index is 10.5. The lowest BCUT2D eigenvalue weighted by Gasteiger charge is -2.23. The van der Waals surface area contributed by atoms with Crippen molar-refractivity contribution < 1.29 is 14.6 Å². The van der Waals surface area contributed by atoms with E-state index >= 15 is 0 Å². The lowest BCUT2D eigenvalue weighted by Crippen LogP contribution is -2.34.